The fraction of sp³-hybridized carbons (Fsp3) is 0.511. The molecule has 2 fully saturated rings. The smallest absolute Gasteiger partial charge is 0.407 e. The Morgan fingerprint density at radius 1 is 0.707 bits per heavy atom. The lowest BCUT2D eigenvalue weighted by Gasteiger charge is -2.32. The molecule has 310 valence electrons. The Hall–Kier alpha value is -5.46. The van der Waals surface area contributed by atoms with Gasteiger partial charge in [0.15, 0.2) is 0 Å². The van der Waals surface area contributed by atoms with Crippen LogP contribution in [0.4, 0.5) is 9.59 Å². The van der Waals surface area contributed by atoms with Crippen molar-refractivity contribution in [2.75, 3.05) is 27.3 Å². The molecule has 1 aromatic heterocycles. The highest BCUT2D eigenvalue weighted by Gasteiger charge is 2.40. The van der Waals surface area contributed by atoms with Crippen LogP contribution in [0.5, 0.6) is 0 Å². The van der Waals surface area contributed by atoms with E-state index >= 15 is 0 Å². The predicted octanol–water partition coefficient (Wildman–Crippen LogP) is 7.91. The number of likely N-dealkylation sites (tertiary alicyclic amines) is 2. The molecule has 4 heterocycles. The van der Waals surface area contributed by atoms with Crippen molar-refractivity contribution in [1.82, 2.24) is 30.4 Å². The number of ether oxygens (including phenoxy) is 2. The van der Waals surface area contributed by atoms with Crippen LogP contribution in [0.15, 0.2) is 65.9 Å². The van der Waals surface area contributed by atoms with Gasteiger partial charge in [0.25, 0.3) is 0 Å². The molecule has 2 saturated heterocycles. The van der Waals surface area contributed by atoms with Crippen molar-refractivity contribution in [3.05, 3.63) is 72.3 Å². The Kier molecular flexibility index (Phi) is 14.0. The monoisotopic (exact) mass is 793 g/mol. The molecule has 3 aliphatic heterocycles. The molecule has 3 aromatic rings. The number of carbonyl (C=O) groups is 4. The number of H-pyrrole nitrogens is 1. The second-order valence-corrected chi connectivity index (χ2v) is 15.5. The lowest BCUT2D eigenvalue weighted by atomic mass is 9.92. The molecule has 3 N–H and O–H groups in total. The molecular formula is C45H59N7O6. The number of imidazole rings is 1. The molecule has 0 radical (unpaired) electrons. The second kappa shape index (κ2) is 19.3. The number of nitrogens with one attached hydrogen (secondary N) is 3. The van der Waals surface area contributed by atoms with Crippen LogP contribution < -0.4 is 10.6 Å². The minimum Gasteiger partial charge on any atom is -0.453 e. The number of carbonyl (C=O) groups excluding carboxylic acids is 4. The summed E-state index contributed by atoms with van der Waals surface area (Å²) < 4.78 is 9.70. The molecular weight excluding hydrogens is 735 g/mol. The number of allylic oxidation sites excluding steroid dienone is 1. The SMILES string of the molecule is CCC(CC)[C@H](NC(=O)OC)C(=O)N1CCC[C@H]1C1=NC=C(c2ccc(-c3ccc(-c4cnc([C@@H]5CCCN5C(=O)[C@@H](NC(=O)OC)C(CC)CC)[nH]4)cc3)cc2)C1. The average molecular weight is 794 g/mol. The number of benzene rings is 2. The molecule has 58 heavy (non-hydrogen) atoms. The molecule has 0 spiro atoms. The van der Waals surface area contributed by atoms with Crippen molar-refractivity contribution < 1.29 is 28.7 Å². The number of rotatable bonds is 15. The molecule has 13 heteroatoms. The number of nitrogens with zero attached hydrogens (tertiary/aromatic N) is 4. The summed E-state index contributed by atoms with van der Waals surface area (Å²) in [4.78, 5) is 68.9. The first kappa shape index (κ1) is 42.2. The van der Waals surface area contributed by atoms with Gasteiger partial charge < -0.3 is 34.9 Å². The van der Waals surface area contributed by atoms with Crippen LogP contribution in [-0.4, -0.2) is 94.9 Å². The summed E-state index contributed by atoms with van der Waals surface area (Å²) in [6.45, 7) is 9.39. The van der Waals surface area contributed by atoms with Gasteiger partial charge in [-0.25, -0.2) is 14.6 Å². The maximum Gasteiger partial charge on any atom is 0.407 e. The highest BCUT2D eigenvalue weighted by atomic mass is 16.5. The number of alkyl carbamates (subject to hydrolysis) is 2. The first-order chi connectivity index (χ1) is 28.1. The zero-order valence-electron chi connectivity index (χ0n) is 34.8. The number of aromatic nitrogens is 2. The predicted molar refractivity (Wildman–Crippen MR) is 225 cm³/mol. The van der Waals surface area contributed by atoms with E-state index in [1.54, 1.807) is 0 Å². The molecule has 0 aliphatic carbocycles. The van der Waals surface area contributed by atoms with E-state index in [9.17, 15) is 19.2 Å². The van der Waals surface area contributed by atoms with Gasteiger partial charge in [-0.1, -0.05) is 102 Å². The zero-order valence-corrected chi connectivity index (χ0v) is 34.8. The third-order valence-electron chi connectivity index (χ3n) is 12.4. The van der Waals surface area contributed by atoms with Crippen molar-refractivity contribution in [3.63, 3.8) is 0 Å². The first-order valence-corrected chi connectivity index (χ1v) is 21.0. The van der Waals surface area contributed by atoms with Crippen LogP contribution >= 0.6 is 0 Å². The van der Waals surface area contributed by atoms with Crippen LogP contribution in [0.25, 0.3) is 28.0 Å². The third-order valence-corrected chi connectivity index (χ3v) is 12.4. The summed E-state index contributed by atoms with van der Waals surface area (Å²) in [7, 11) is 2.63. The number of aromatic amines is 1. The maximum absolute atomic E-state index is 13.9. The summed E-state index contributed by atoms with van der Waals surface area (Å²) in [5.74, 6) is 0.593. The summed E-state index contributed by atoms with van der Waals surface area (Å²) in [5.41, 5.74) is 7.22. The lowest BCUT2D eigenvalue weighted by molar-refractivity contribution is -0.136. The highest BCUT2D eigenvalue weighted by Crippen LogP contribution is 2.35. The van der Waals surface area contributed by atoms with E-state index in [1.165, 1.54) is 14.2 Å². The number of hydrogen-bond acceptors (Lipinski definition) is 8. The number of hydrogen-bond donors (Lipinski definition) is 3. The topological polar surface area (TPSA) is 158 Å². The molecule has 0 unspecified atom stereocenters. The standard InChI is InChI=1S/C45H59N7O6/c1-7-28(8-2)39(49-44(55)57-5)42(53)51-23-11-13-37(51)35-25-34(26-46-35)32-17-15-30(16-18-32)31-19-21-33(22-20-31)36-27-47-41(48-36)38-14-12-24-52(38)43(54)40(29(9-3)10-4)50-45(56)58-6/h15-22,26-29,37-40H,7-14,23-25H2,1-6H3,(H,47,48)(H,49,55)(H,50,56)/t37-,38-,39-,40-/m0/s1. The molecule has 0 bridgehead atoms. The van der Waals surface area contributed by atoms with E-state index in [0.29, 0.717) is 19.5 Å². The van der Waals surface area contributed by atoms with Gasteiger partial charge in [-0.2, -0.15) is 0 Å². The molecule has 4 amide bonds. The van der Waals surface area contributed by atoms with Gasteiger partial charge >= 0.3 is 12.2 Å². The van der Waals surface area contributed by atoms with Crippen LogP contribution in [0.2, 0.25) is 0 Å². The normalized spacial score (nSPS) is 18.9. The van der Waals surface area contributed by atoms with Gasteiger partial charge in [-0.3, -0.25) is 14.6 Å². The van der Waals surface area contributed by atoms with Crippen molar-refractivity contribution in [2.45, 2.75) is 110 Å². The average Bonchev–Trinajstić information content (AvgIpc) is 4.10. The molecule has 0 saturated carbocycles. The first-order valence-electron chi connectivity index (χ1n) is 21.0. The van der Waals surface area contributed by atoms with Gasteiger partial charge in [0, 0.05) is 31.4 Å². The minimum absolute atomic E-state index is 0.000436. The highest BCUT2D eigenvalue weighted by molar-refractivity contribution is 6.04. The Labute approximate surface area is 342 Å². The molecule has 3 aliphatic rings. The third kappa shape index (κ3) is 9.13. The summed E-state index contributed by atoms with van der Waals surface area (Å²) in [6, 6.07) is 15.3. The van der Waals surface area contributed by atoms with Crippen LogP contribution in [-0.2, 0) is 19.1 Å². The van der Waals surface area contributed by atoms with Gasteiger partial charge in [0.05, 0.1) is 38.2 Å². The fourth-order valence-corrected chi connectivity index (χ4v) is 8.90. The number of methoxy groups -OCH3 is 2. The van der Waals surface area contributed by atoms with E-state index in [-0.39, 0.29) is 35.7 Å². The Balaban J connectivity index is 1.08. The Morgan fingerprint density at radius 3 is 1.67 bits per heavy atom. The van der Waals surface area contributed by atoms with E-state index in [0.717, 1.165) is 96.4 Å². The molecule has 6 rings (SSSR count). The Bertz CT molecular complexity index is 1960. The fourth-order valence-electron chi connectivity index (χ4n) is 8.90. The largest absolute Gasteiger partial charge is 0.453 e. The van der Waals surface area contributed by atoms with E-state index < -0.39 is 24.3 Å². The van der Waals surface area contributed by atoms with Crippen molar-refractivity contribution >= 4 is 35.3 Å². The van der Waals surface area contributed by atoms with Crippen molar-refractivity contribution in [2.24, 2.45) is 16.8 Å². The van der Waals surface area contributed by atoms with Crippen molar-refractivity contribution in [3.8, 4) is 22.4 Å². The second-order valence-electron chi connectivity index (χ2n) is 15.5. The van der Waals surface area contributed by atoms with Gasteiger partial charge in [0.2, 0.25) is 11.8 Å². The Morgan fingerprint density at radius 2 is 1.17 bits per heavy atom. The molecule has 2 aromatic carbocycles. The van der Waals surface area contributed by atoms with E-state index in [4.69, 9.17) is 19.5 Å². The lowest BCUT2D eigenvalue weighted by Crippen LogP contribution is -2.54. The zero-order chi connectivity index (χ0) is 41.3. The van der Waals surface area contributed by atoms with Gasteiger partial charge in [-0.05, 0) is 65.3 Å². The van der Waals surface area contributed by atoms with Crippen LogP contribution in [0.1, 0.15) is 103 Å². The summed E-state index contributed by atoms with van der Waals surface area (Å²) >= 11 is 0. The van der Waals surface area contributed by atoms with E-state index in [2.05, 4.69) is 64.1 Å². The number of amides is 4. The quantitative estimate of drug-likeness (QED) is 0.141. The molecule has 4 atom stereocenters. The summed E-state index contributed by atoms with van der Waals surface area (Å²) in [5, 5.41) is 5.62. The van der Waals surface area contributed by atoms with Crippen LogP contribution in [0, 0.1) is 11.8 Å². The van der Waals surface area contributed by atoms with Gasteiger partial charge in [-0.15, -0.1) is 0 Å². The van der Waals surface area contributed by atoms with Crippen LogP contribution in [0.3, 0.4) is 0 Å². The van der Waals surface area contributed by atoms with Gasteiger partial charge in [0.1, 0.15) is 17.9 Å². The molecule has 13 nitrogen and oxygen atoms in total. The minimum atomic E-state index is -0.656. The number of aliphatic imine (C=N–C) groups is 1. The van der Waals surface area contributed by atoms with E-state index in [1.807, 2.05) is 49.9 Å². The summed E-state index contributed by atoms with van der Waals surface area (Å²) in [6.07, 6.45) is 9.70. The maximum atomic E-state index is 13.9. The van der Waals surface area contributed by atoms with Crippen molar-refractivity contribution in [1.29, 1.82) is 0 Å².